The van der Waals surface area contributed by atoms with Gasteiger partial charge < -0.3 is 10.2 Å². The molecule has 0 saturated carbocycles. The van der Waals surface area contributed by atoms with Crippen LogP contribution in [0.1, 0.15) is 43.1 Å². The average Bonchev–Trinajstić information content (AvgIpc) is 3.04. The van der Waals surface area contributed by atoms with Crippen LogP contribution in [0.25, 0.3) is 0 Å². The molecule has 2 aromatic carbocycles. The summed E-state index contributed by atoms with van der Waals surface area (Å²) in [6, 6.07) is 18.6. The highest BCUT2D eigenvalue weighted by Gasteiger charge is 2.28. The standard InChI is InChI=1S/C24H23N3OS/c1-16-8-9-19(17(2)12-16)23(28)26-24-21(13-25)20-10-11-27(15-22(20)29-24)14-18-6-4-3-5-7-18/h3-9,12H,10-11,14-15H2,1-2H3,(H,26,28)/p+1. The van der Waals surface area contributed by atoms with Crippen LogP contribution >= 0.6 is 11.3 Å². The Hall–Kier alpha value is -2.94. The predicted octanol–water partition coefficient (Wildman–Crippen LogP) is 3.63. The van der Waals surface area contributed by atoms with Crippen molar-refractivity contribution in [2.24, 2.45) is 0 Å². The molecular formula is C24H24N3OS+. The summed E-state index contributed by atoms with van der Waals surface area (Å²) in [7, 11) is 0. The Balaban J connectivity index is 1.54. The molecular weight excluding hydrogens is 378 g/mol. The molecule has 0 radical (unpaired) electrons. The summed E-state index contributed by atoms with van der Waals surface area (Å²) in [6.45, 7) is 6.82. The van der Waals surface area contributed by atoms with E-state index in [0.717, 1.165) is 42.7 Å². The van der Waals surface area contributed by atoms with Crippen molar-refractivity contribution < 1.29 is 9.69 Å². The van der Waals surface area contributed by atoms with Crippen LogP contribution in [-0.2, 0) is 19.5 Å². The fourth-order valence-electron chi connectivity index (χ4n) is 4.02. The molecule has 1 atom stereocenters. The van der Waals surface area contributed by atoms with Crippen molar-refractivity contribution in [2.75, 3.05) is 11.9 Å². The van der Waals surface area contributed by atoms with Gasteiger partial charge in [-0.15, -0.1) is 11.3 Å². The number of quaternary nitrogens is 1. The number of hydrogen-bond acceptors (Lipinski definition) is 3. The van der Waals surface area contributed by atoms with E-state index < -0.39 is 0 Å². The van der Waals surface area contributed by atoms with Crippen LogP contribution < -0.4 is 10.2 Å². The van der Waals surface area contributed by atoms with E-state index in [-0.39, 0.29) is 5.91 Å². The van der Waals surface area contributed by atoms with Crippen LogP contribution in [0.5, 0.6) is 0 Å². The number of nitrogens with zero attached hydrogens (tertiary/aromatic N) is 1. The van der Waals surface area contributed by atoms with Gasteiger partial charge in [-0.05, 0) is 31.0 Å². The molecule has 0 bridgehead atoms. The van der Waals surface area contributed by atoms with Crippen molar-refractivity contribution in [1.82, 2.24) is 0 Å². The Labute approximate surface area is 175 Å². The van der Waals surface area contributed by atoms with Crippen molar-refractivity contribution in [2.45, 2.75) is 33.4 Å². The molecule has 1 unspecified atom stereocenters. The van der Waals surface area contributed by atoms with Crippen molar-refractivity contribution >= 4 is 22.2 Å². The number of nitriles is 1. The van der Waals surface area contributed by atoms with Gasteiger partial charge in [0.15, 0.2) is 0 Å². The summed E-state index contributed by atoms with van der Waals surface area (Å²) >= 11 is 1.56. The number of carbonyl (C=O) groups excluding carboxylic acids is 1. The number of fused-ring (bicyclic) bond motifs is 1. The van der Waals surface area contributed by atoms with Gasteiger partial charge in [0.25, 0.3) is 5.91 Å². The van der Waals surface area contributed by atoms with Crippen LogP contribution in [0.4, 0.5) is 5.00 Å². The Morgan fingerprint density at radius 2 is 2.00 bits per heavy atom. The SMILES string of the molecule is Cc1ccc(C(=O)Nc2sc3c(c2C#N)CC[NH+](Cc2ccccc2)C3)c(C)c1. The fourth-order valence-corrected chi connectivity index (χ4v) is 5.28. The second-order valence-electron chi connectivity index (χ2n) is 7.68. The Bertz CT molecular complexity index is 1100. The summed E-state index contributed by atoms with van der Waals surface area (Å²) in [6.07, 6.45) is 0.871. The second kappa shape index (κ2) is 8.20. The molecule has 146 valence electrons. The Kier molecular flexibility index (Phi) is 5.48. The minimum Gasteiger partial charge on any atom is -0.326 e. The van der Waals surface area contributed by atoms with Crippen LogP contribution in [0.3, 0.4) is 0 Å². The molecule has 1 amide bonds. The zero-order chi connectivity index (χ0) is 20.4. The molecule has 5 heteroatoms. The Morgan fingerprint density at radius 3 is 2.72 bits per heavy atom. The topological polar surface area (TPSA) is 57.3 Å². The van der Waals surface area contributed by atoms with Gasteiger partial charge in [-0.2, -0.15) is 5.26 Å². The van der Waals surface area contributed by atoms with E-state index >= 15 is 0 Å². The third-order valence-corrected chi connectivity index (χ3v) is 6.64. The molecule has 3 aromatic rings. The molecule has 0 saturated heterocycles. The predicted molar refractivity (Wildman–Crippen MR) is 116 cm³/mol. The first kappa shape index (κ1) is 19.4. The molecule has 2 heterocycles. The molecule has 29 heavy (non-hydrogen) atoms. The van der Waals surface area contributed by atoms with E-state index in [1.165, 1.54) is 15.3 Å². The van der Waals surface area contributed by atoms with Gasteiger partial charge in [0.05, 0.1) is 17.0 Å². The van der Waals surface area contributed by atoms with E-state index in [2.05, 4.69) is 35.7 Å². The highest BCUT2D eigenvalue weighted by Crippen LogP contribution is 2.34. The molecule has 1 aliphatic rings. The Morgan fingerprint density at radius 1 is 1.21 bits per heavy atom. The van der Waals surface area contributed by atoms with E-state index in [1.807, 2.05) is 38.1 Å². The highest BCUT2D eigenvalue weighted by atomic mass is 32.1. The zero-order valence-corrected chi connectivity index (χ0v) is 17.5. The summed E-state index contributed by atoms with van der Waals surface area (Å²) in [5.41, 5.74) is 5.81. The van der Waals surface area contributed by atoms with Crippen LogP contribution in [-0.4, -0.2) is 12.5 Å². The molecule has 2 N–H and O–H groups in total. The number of thiophene rings is 1. The van der Waals surface area contributed by atoms with E-state index in [4.69, 9.17) is 0 Å². The first-order valence-electron chi connectivity index (χ1n) is 9.86. The lowest BCUT2D eigenvalue weighted by Gasteiger charge is -2.23. The number of rotatable bonds is 4. The highest BCUT2D eigenvalue weighted by molar-refractivity contribution is 7.16. The number of hydrogen-bond donors (Lipinski definition) is 2. The minimum atomic E-state index is -0.147. The normalized spacial score (nSPS) is 15.4. The van der Waals surface area contributed by atoms with Crippen LogP contribution in [0.2, 0.25) is 0 Å². The smallest absolute Gasteiger partial charge is 0.256 e. The van der Waals surface area contributed by atoms with Gasteiger partial charge in [-0.3, -0.25) is 4.79 Å². The van der Waals surface area contributed by atoms with Gasteiger partial charge in [-0.25, -0.2) is 0 Å². The second-order valence-corrected chi connectivity index (χ2v) is 8.79. The van der Waals surface area contributed by atoms with Crippen molar-refractivity contribution in [3.8, 4) is 6.07 Å². The van der Waals surface area contributed by atoms with Gasteiger partial charge in [-0.1, -0.05) is 48.0 Å². The average molecular weight is 403 g/mol. The number of nitrogens with one attached hydrogen (secondary N) is 2. The van der Waals surface area contributed by atoms with Crippen LogP contribution in [0.15, 0.2) is 48.5 Å². The van der Waals surface area contributed by atoms with Crippen molar-refractivity contribution in [1.29, 1.82) is 5.26 Å². The van der Waals surface area contributed by atoms with Crippen molar-refractivity contribution in [3.05, 3.63) is 86.8 Å². The maximum absolute atomic E-state index is 12.8. The monoisotopic (exact) mass is 402 g/mol. The summed E-state index contributed by atoms with van der Waals surface area (Å²) in [4.78, 5) is 15.5. The lowest BCUT2D eigenvalue weighted by atomic mass is 10.0. The maximum atomic E-state index is 12.8. The van der Waals surface area contributed by atoms with E-state index in [9.17, 15) is 10.1 Å². The quantitative estimate of drug-likeness (QED) is 0.700. The van der Waals surface area contributed by atoms with E-state index in [0.29, 0.717) is 16.1 Å². The number of aryl methyl sites for hydroxylation is 2. The molecule has 0 spiro atoms. The summed E-state index contributed by atoms with van der Waals surface area (Å²) in [5.74, 6) is -0.147. The number of carbonyl (C=O) groups is 1. The number of anilines is 1. The summed E-state index contributed by atoms with van der Waals surface area (Å²) in [5, 5.41) is 13.4. The third-order valence-electron chi connectivity index (χ3n) is 5.49. The number of benzene rings is 2. The van der Waals surface area contributed by atoms with Crippen molar-refractivity contribution in [3.63, 3.8) is 0 Å². The van der Waals surface area contributed by atoms with Crippen LogP contribution in [0, 0.1) is 25.2 Å². The first-order chi connectivity index (χ1) is 14.0. The lowest BCUT2D eigenvalue weighted by molar-refractivity contribution is -0.929. The molecule has 0 fully saturated rings. The lowest BCUT2D eigenvalue weighted by Crippen LogP contribution is -3.10. The van der Waals surface area contributed by atoms with E-state index in [1.54, 1.807) is 11.3 Å². The van der Waals surface area contributed by atoms with Gasteiger partial charge in [0, 0.05) is 17.5 Å². The maximum Gasteiger partial charge on any atom is 0.256 e. The molecule has 0 aliphatic carbocycles. The van der Waals surface area contributed by atoms with Gasteiger partial charge in [0.1, 0.15) is 24.2 Å². The summed E-state index contributed by atoms with van der Waals surface area (Å²) < 4.78 is 0. The van der Waals surface area contributed by atoms with Gasteiger partial charge >= 0.3 is 0 Å². The minimum absolute atomic E-state index is 0.147. The number of amides is 1. The largest absolute Gasteiger partial charge is 0.326 e. The fraction of sp³-hybridized carbons (Fsp3) is 0.250. The molecule has 4 rings (SSSR count). The first-order valence-corrected chi connectivity index (χ1v) is 10.7. The molecule has 1 aliphatic heterocycles. The third kappa shape index (κ3) is 4.09. The molecule has 1 aromatic heterocycles. The zero-order valence-electron chi connectivity index (χ0n) is 16.7. The van der Waals surface area contributed by atoms with Gasteiger partial charge in [0.2, 0.25) is 0 Å². The molecule has 4 nitrogen and oxygen atoms in total.